The van der Waals surface area contributed by atoms with E-state index in [9.17, 15) is 14.4 Å². The van der Waals surface area contributed by atoms with Crippen LogP contribution in [0.5, 0.6) is 0 Å². The maximum absolute atomic E-state index is 11.6. The molecule has 1 rings (SSSR count). The minimum absolute atomic E-state index is 0.000159. The topological polar surface area (TPSA) is 122 Å². The number of carboxylic acid groups (broad SMARTS) is 1. The van der Waals surface area contributed by atoms with Gasteiger partial charge in [0.15, 0.2) is 0 Å². The minimum atomic E-state index is -1.17. The largest absolute Gasteiger partial charge is 0.480 e. The molecule has 1 atom stereocenters. The summed E-state index contributed by atoms with van der Waals surface area (Å²) in [5.74, 6) is -0.977. The highest BCUT2D eigenvalue weighted by Crippen LogP contribution is 2.28. The molecule has 0 aromatic heterocycles. The molecule has 7 heteroatoms. The average Bonchev–Trinajstić information content (AvgIpc) is 2.92. The van der Waals surface area contributed by atoms with Crippen LogP contribution in [0, 0.1) is 5.92 Å². The van der Waals surface area contributed by atoms with Crippen molar-refractivity contribution in [3.8, 4) is 0 Å². The van der Waals surface area contributed by atoms with Crippen LogP contribution in [0.1, 0.15) is 51.4 Å². The Morgan fingerprint density at radius 1 is 1.24 bits per heavy atom. The molecule has 0 aromatic carbocycles. The zero-order chi connectivity index (χ0) is 15.7. The number of urea groups is 1. The van der Waals surface area contributed by atoms with Crippen molar-refractivity contribution < 1.29 is 19.5 Å². The predicted octanol–water partition coefficient (Wildman–Crippen LogP) is 0.975. The first kappa shape index (κ1) is 17.3. The van der Waals surface area contributed by atoms with Crippen LogP contribution in [0.25, 0.3) is 0 Å². The van der Waals surface area contributed by atoms with Gasteiger partial charge in [-0.1, -0.05) is 25.7 Å². The molecule has 5 N–H and O–H groups in total. The second-order valence-corrected chi connectivity index (χ2v) is 5.59. The summed E-state index contributed by atoms with van der Waals surface area (Å²) >= 11 is 0. The molecule has 0 bridgehead atoms. The van der Waals surface area contributed by atoms with Crippen molar-refractivity contribution in [2.45, 2.75) is 57.4 Å². The van der Waals surface area contributed by atoms with E-state index in [0.29, 0.717) is 6.54 Å². The van der Waals surface area contributed by atoms with Gasteiger partial charge in [0.25, 0.3) is 0 Å². The lowest BCUT2D eigenvalue weighted by Gasteiger charge is -2.15. The summed E-state index contributed by atoms with van der Waals surface area (Å²) in [6.45, 7) is 0.532. The second-order valence-electron chi connectivity index (χ2n) is 5.59. The van der Waals surface area contributed by atoms with Crippen LogP contribution in [-0.2, 0) is 9.59 Å². The van der Waals surface area contributed by atoms with Crippen LogP contribution < -0.4 is 16.4 Å². The number of hydrogen-bond donors (Lipinski definition) is 4. The van der Waals surface area contributed by atoms with E-state index in [4.69, 9.17) is 10.8 Å². The van der Waals surface area contributed by atoms with Crippen LogP contribution in [0.15, 0.2) is 0 Å². The summed E-state index contributed by atoms with van der Waals surface area (Å²) in [6.07, 6.45) is 7.10. The predicted molar refractivity (Wildman–Crippen MR) is 77.6 cm³/mol. The van der Waals surface area contributed by atoms with Crippen molar-refractivity contribution >= 4 is 17.9 Å². The van der Waals surface area contributed by atoms with Gasteiger partial charge in [0, 0.05) is 13.0 Å². The number of hydrogen-bond acceptors (Lipinski definition) is 3. The number of carbonyl (C=O) groups is 3. The maximum Gasteiger partial charge on any atom is 0.326 e. The van der Waals surface area contributed by atoms with Crippen molar-refractivity contribution in [3.05, 3.63) is 0 Å². The molecule has 0 spiro atoms. The number of nitrogens with two attached hydrogens (primary N) is 1. The van der Waals surface area contributed by atoms with Gasteiger partial charge in [0.05, 0.1) is 0 Å². The molecule has 0 aromatic rings. The third kappa shape index (κ3) is 7.53. The molecule has 1 aliphatic rings. The fourth-order valence-corrected chi connectivity index (χ4v) is 2.64. The Hall–Kier alpha value is -1.79. The number of aliphatic carboxylic acids is 1. The highest BCUT2D eigenvalue weighted by Gasteiger charge is 2.20. The third-order valence-corrected chi connectivity index (χ3v) is 3.83. The Labute approximate surface area is 124 Å². The molecule has 1 fully saturated rings. The summed E-state index contributed by atoms with van der Waals surface area (Å²) in [4.78, 5) is 33.2. The molecule has 1 aliphatic carbocycles. The van der Waals surface area contributed by atoms with Crippen molar-refractivity contribution in [2.75, 3.05) is 6.54 Å². The molecule has 1 saturated carbocycles. The van der Waals surface area contributed by atoms with E-state index < -0.39 is 23.9 Å². The molecule has 0 saturated heterocycles. The SMILES string of the molecule is NC(=O)CC[C@@H](NC(=O)NCCCC1CCCC1)C(=O)O. The maximum atomic E-state index is 11.6. The average molecular weight is 299 g/mol. The molecule has 0 radical (unpaired) electrons. The van der Waals surface area contributed by atoms with Gasteiger partial charge in [-0.25, -0.2) is 9.59 Å². The molecular formula is C14H25N3O4. The summed E-state index contributed by atoms with van der Waals surface area (Å²) in [5.41, 5.74) is 4.97. The van der Waals surface area contributed by atoms with E-state index >= 15 is 0 Å². The van der Waals surface area contributed by atoms with Crippen LogP contribution in [0.2, 0.25) is 0 Å². The van der Waals surface area contributed by atoms with Crippen molar-refractivity contribution in [1.82, 2.24) is 10.6 Å². The van der Waals surface area contributed by atoms with E-state index in [2.05, 4.69) is 10.6 Å². The fraction of sp³-hybridized carbons (Fsp3) is 0.786. The smallest absolute Gasteiger partial charge is 0.326 e. The van der Waals surface area contributed by atoms with Gasteiger partial charge in [-0.15, -0.1) is 0 Å². The van der Waals surface area contributed by atoms with Crippen LogP contribution in [0.4, 0.5) is 4.79 Å². The zero-order valence-corrected chi connectivity index (χ0v) is 12.3. The van der Waals surface area contributed by atoms with E-state index in [1.807, 2.05) is 0 Å². The lowest BCUT2D eigenvalue weighted by Crippen LogP contribution is -2.46. The quantitative estimate of drug-likeness (QED) is 0.474. The van der Waals surface area contributed by atoms with Crippen LogP contribution in [0.3, 0.4) is 0 Å². The molecule has 7 nitrogen and oxygen atoms in total. The lowest BCUT2D eigenvalue weighted by atomic mass is 10.0. The zero-order valence-electron chi connectivity index (χ0n) is 12.3. The molecule has 21 heavy (non-hydrogen) atoms. The third-order valence-electron chi connectivity index (χ3n) is 3.83. The molecule has 0 aliphatic heterocycles. The Balaban J connectivity index is 2.16. The number of nitrogens with one attached hydrogen (secondary N) is 2. The standard InChI is InChI=1S/C14H25N3O4/c15-12(18)8-7-11(13(19)20)17-14(21)16-9-3-6-10-4-1-2-5-10/h10-11H,1-9H2,(H2,15,18)(H,19,20)(H2,16,17,21)/t11-/m1/s1. The molecule has 0 heterocycles. The Morgan fingerprint density at radius 3 is 2.48 bits per heavy atom. The molecular weight excluding hydrogens is 274 g/mol. The van der Waals surface area contributed by atoms with E-state index in [1.165, 1.54) is 25.7 Å². The fourth-order valence-electron chi connectivity index (χ4n) is 2.64. The molecule has 120 valence electrons. The van der Waals surface area contributed by atoms with Gasteiger partial charge in [-0.05, 0) is 25.2 Å². The van der Waals surface area contributed by atoms with Gasteiger partial charge >= 0.3 is 12.0 Å². The Kier molecular flexibility index (Phi) is 7.56. The van der Waals surface area contributed by atoms with Crippen molar-refractivity contribution in [3.63, 3.8) is 0 Å². The van der Waals surface area contributed by atoms with Gasteiger partial charge < -0.3 is 21.5 Å². The number of carbonyl (C=O) groups excluding carboxylic acids is 2. The first-order chi connectivity index (χ1) is 9.99. The Morgan fingerprint density at radius 2 is 1.90 bits per heavy atom. The highest BCUT2D eigenvalue weighted by molar-refractivity contribution is 5.83. The van der Waals surface area contributed by atoms with E-state index in [-0.39, 0.29) is 12.8 Å². The van der Waals surface area contributed by atoms with Gasteiger partial charge in [-0.2, -0.15) is 0 Å². The normalized spacial score (nSPS) is 16.4. The first-order valence-electron chi connectivity index (χ1n) is 7.54. The summed E-state index contributed by atoms with van der Waals surface area (Å²) in [5, 5.41) is 13.9. The second kappa shape index (κ2) is 9.20. The van der Waals surface area contributed by atoms with E-state index in [0.717, 1.165) is 18.8 Å². The van der Waals surface area contributed by atoms with E-state index in [1.54, 1.807) is 0 Å². The molecule has 3 amide bonds. The van der Waals surface area contributed by atoms with Crippen molar-refractivity contribution in [1.29, 1.82) is 0 Å². The lowest BCUT2D eigenvalue weighted by molar-refractivity contribution is -0.139. The highest BCUT2D eigenvalue weighted by atomic mass is 16.4. The number of carboxylic acids is 1. The number of primary amides is 1. The summed E-state index contributed by atoms with van der Waals surface area (Å²) in [7, 11) is 0. The monoisotopic (exact) mass is 299 g/mol. The van der Waals surface area contributed by atoms with Gasteiger partial charge in [-0.3, -0.25) is 4.79 Å². The molecule has 0 unspecified atom stereocenters. The van der Waals surface area contributed by atoms with Gasteiger partial charge in [0.1, 0.15) is 6.04 Å². The minimum Gasteiger partial charge on any atom is -0.480 e. The van der Waals surface area contributed by atoms with Crippen LogP contribution in [-0.4, -0.2) is 35.6 Å². The summed E-state index contributed by atoms with van der Waals surface area (Å²) in [6, 6.07) is -1.61. The Bertz CT molecular complexity index is 367. The number of rotatable bonds is 9. The van der Waals surface area contributed by atoms with Crippen LogP contribution >= 0.6 is 0 Å². The number of amides is 3. The summed E-state index contributed by atoms with van der Waals surface area (Å²) < 4.78 is 0. The van der Waals surface area contributed by atoms with Gasteiger partial charge in [0.2, 0.25) is 5.91 Å². The van der Waals surface area contributed by atoms with Crippen molar-refractivity contribution in [2.24, 2.45) is 11.7 Å². The first-order valence-corrected chi connectivity index (χ1v) is 7.54.